The Bertz CT molecular complexity index is 801. The lowest BCUT2D eigenvalue weighted by Gasteiger charge is -2.28. The van der Waals surface area contributed by atoms with E-state index >= 15 is 0 Å². The van der Waals surface area contributed by atoms with Crippen molar-refractivity contribution in [3.05, 3.63) is 57.5 Å². The molecule has 126 valence electrons. The van der Waals surface area contributed by atoms with E-state index in [0.29, 0.717) is 11.7 Å². The fourth-order valence-corrected chi connectivity index (χ4v) is 3.53. The Hall–Kier alpha value is -2.08. The quantitative estimate of drug-likeness (QED) is 0.684. The van der Waals surface area contributed by atoms with E-state index in [-0.39, 0.29) is 23.1 Å². The first-order valence-corrected chi connectivity index (χ1v) is 9.10. The fraction of sp³-hybridized carbons (Fsp3) is 0.389. The highest BCUT2D eigenvalue weighted by atomic mass is 32.2. The van der Waals surface area contributed by atoms with Crippen molar-refractivity contribution in [3.63, 3.8) is 0 Å². The molecule has 0 fully saturated rings. The third kappa shape index (κ3) is 3.87. The number of nitrogens with zero attached hydrogens (tertiary/aromatic N) is 2. The van der Waals surface area contributed by atoms with Gasteiger partial charge in [-0.1, -0.05) is 49.9 Å². The van der Waals surface area contributed by atoms with Crippen LogP contribution < -0.4 is 5.56 Å². The van der Waals surface area contributed by atoms with Crippen molar-refractivity contribution in [1.82, 2.24) is 14.9 Å². The Balaban J connectivity index is 1.63. The van der Waals surface area contributed by atoms with Crippen LogP contribution in [0.15, 0.2) is 40.3 Å². The van der Waals surface area contributed by atoms with Crippen LogP contribution in [-0.4, -0.2) is 33.1 Å². The van der Waals surface area contributed by atoms with Crippen LogP contribution in [0.5, 0.6) is 0 Å². The van der Waals surface area contributed by atoms with Crippen molar-refractivity contribution < 1.29 is 4.79 Å². The van der Waals surface area contributed by atoms with Gasteiger partial charge in [0.25, 0.3) is 5.56 Å². The molecule has 1 aromatic heterocycles. The van der Waals surface area contributed by atoms with Crippen LogP contribution in [0.3, 0.4) is 0 Å². The molecule has 0 atom stereocenters. The Labute approximate surface area is 145 Å². The van der Waals surface area contributed by atoms with Crippen LogP contribution in [0.4, 0.5) is 0 Å². The van der Waals surface area contributed by atoms with Gasteiger partial charge >= 0.3 is 0 Å². The van der Waals surface area contributed by atoms with Gasteiger partial charge in [-0.2, -0.15) is 0 Å². The van der Waals surface area contributed by atoms with E-state index in [0.717, 1.165) is 18.7 Å². The van der Waals surface area contributed by atoms with Crippen molar-refractivity contribution in [2.75, 3.05) is 12.3 Å². The molecular formula is C18H21N3O2S. The first kappa shape index (κ1) is 16.8. The van der Waals surface area contributed by atoms with Gasteiger partial charge in [0.05, 0.1) is 11.4 Å². The molecule has 1 amide bonds. The minimum Gasteiger partial charge on any atom is -0.337 e. The smallest absolute Gasteiger partial charge is 0.251 e. The van der Waals surface area contributed by atoms with E-state index in [1.54, 1.807) is 0 Å². The van der Waals surface area contributed by atoms with E-state index in [1.807, 2.05) is 30.9 Å². The molecule has 1 aliphatic rings. The van der Waals surface area contributed by atoms with Crippen LogP contribution in [-0.2, 0) is 17.8 Å². The van der Waals surface area contributed by atoms with E-state index in [2.05, 4.69) is 22.1 Å². The average Bonchev–Trinajstić information content (AvgIpc) is 2.58. The number of hydrogen-bond donors (Lipinski definition) is 1. The van der Waals surface area contributed by atoms with E-state index in [4.69, 9.17) is 0 Å². The zero-order valence-corrected chi connectivity index (χ0v) is 14.7. The lowest BCUT2D eigenvalue weighted by molar-refractivity contribution is -0.129. The summed E-state index contributed by atoms with van der Waals surface area (Å²) in [6, 6.07) is 9.76. The van der Waals surface area contributed by atoms with E-state index in [9.17, 15) is 9.59 Å². The SMILES string of the molecule is CC(C)c1cc(=O)[nH]c(SCC(=O)N2CCc3ccccc3C2)n1. The number of carbonyl (C=O) groups excluding carboxylic acids is 1. The van der Waals surface area contributed by atoms with Crippen molar-refractivity contribution in [2.24, 2.45) is 0 Å². The van der Waals surface area contributed by atoms with Gasteiger partial charge in [-0.05, 0) is 23.5 Å². The van der Waals surface area contributed by atoms with Crippen molar-refractivity contribution in [2.45, 2.75) is 37.9 Å². The molecule has 0 saturated carbocycles. The van der Waals surface area contributed by atoms with Crippen LogP contribution in [0.25, 0.3) is 0 Å². The molecule has 1 N–H and O–H groups in total. The van der Waals surface area contributed by atoms with Gasteiger partial charge in [-0.3, -0.25) is 9.59 Å². The summed E-state index contributed by atoms with van der Waals surface area (Å²) in [5.41, 5.74) is 3.12. The second kappa shape index (κ2) is 7.21. The summed E-state index contributed by atoms with van der Waals surface area (Å²) >= 11 is 1.29. The zero-order chi connectivity index (χ0) is 17.1. The van der Waals surface area contributed by atoms with Crippen molar-refractivity contribution in [1.29, 1.82) is 0 Å². The first-order valence-electron chi connectivity index (χ1n) is 8.11. The van der Waals surface area contributed by atoms with Crippen LogP contribution in [0.1, 0.15) is 36.6 Å². The number of amides is 1. The van der Waals surface area contributed by atoms with Crippen molar-refractivity contribution >= 4 is 17.7 Å². The third-order valence-electron chi connectivity index (χ3n) is 4.15. The summed E-state index contributed by atoms with van der Waals surface area (Å²) in [6.45, 7) is 5.39. The molecule has 0 spiro atoms. The highest BCUT2D eigenvalue weighted by Crippen LogP contribution is 2.21. The molecule has 0 bridgehead atoms. The third-order valence-corrected chi connectivity index (χ3v) is 5.01. The van der Waals surface area contributed by atoms with Gasteiger partial charge in [-0.25, -0.2) is 4.98 Å². The largest absolute Gasteiger partial charge is 0.337 e. The highest BCUT2D eigenvalue weighted by Gasteiger charge is 2.20. The minimum atomic E-state index is -0.171. The standard InChI is InChI=1S/C18H21N3O2S/c1-12(2)15-9-16(22)20-18(19-15)24-11-17(23)21-8-7-13-5-3-4-6-14(13)10-21/h3-6,9,12H,7-8,10-11H2,1-2H3,(H,19,20,22). The molecular weight excluding hydrogens is 322 g/mol. The number of carbonyl (C=O) groups is 1. The summed E-state index contributed by atoms with van der Waals surface area (Å²) in [4.78, 5) is 33.2. The molecule has 1 aromatic carbocycles. The average molecular weight is 343 g/mol. The molecule has 0 saturated heterocycles. The Kier molecular flexibility index (Phi) is 5.04. The molecule has 1 aliphatic heterocycles. The van der Waals surface area contributed by atoms with Gasteiger partial charge in [0.1, 0.15) is 0 Å². The molecule has 0 aliphatic carbocycles. The van der Waals surface area contributed by atoms with Gasteiger partial charge in [0.15, 0.2) is 5.16 Å². The zero-order valence-electron chi connectivity index (χ0n) is 13.9. The number of hydrogen-bond acceptors (Lipinski definition) is 4. The number of nitrogens with one attached hydrogen (secondary N) is 1. The van der Waals surface area contributed by atoms with Crippen LogP contribution in [0, 0.1) is 0 Å². The summed E-state index contributed by atoms with van der Waals surface area (Å²) in [5, 5.41) is 0.511. The van der Waals surface area contributed by atoms with Gasteiger partial charge in [0, 0.05) is 19.2 Å². The molecule has 24 heavy (non-hydrogen) atoms. The Morgan fingerprint density at radius 2 is 2.08 bits per heavy atom. The number of benzene rings is 1. The minimum absolute atomic E-state index is 0.0760. The fourth-order valence-electron chi connectivity index (χ4n) is 2.75. The molecule has 0 radical (unpaired) electrons. The maximum Gasteiger partial charge on any atom is 0.251 e. The summed E-state index contributed by atoms with van der Waals surface area (Å²) in [5.74, 6) is 0.542. The second-order valence-corrected chi connectivity index (χ2v) is 7.22. The van der Waals surface area contributed by atoms with Crippen LogP contribution in [0.2, 0.25) is 0 Å². The lowest BCUT2D eigenvalue weighted by Crippen LogP contribution is -2.37. The number of aromatic nitrogens is 2. The van der Waals surface area contributed by atoms with Crippen LogP contribution >= 0.6 is 11.8 Å². The summed E-state index contributed by atoms with van der Waals surface area (Å²) < 4.78 is 0. The number of H-pyrrole nitrogens is 1. The van der Waals surface area contributed by atoms with E-state index in [1.165, 1.54) is 29.0 Å². The molecule has 5 nitrogen and oxygen atoms in total. The molecule has 6 heteroatoms. The number of thioether (sulfide) groups is 1. The van der Waals surface area contributed by atoms with E-state index < -0.39 is 0 Å². The molecule has 0 unspecified atom stereocenters. The number of rotatable bonds is 4. The number of aromatic amines is 1. The molecule has 2 heterocycles. The maximum atomic E-state index is 12.5. The normalized spacial score (nSPS) is 13.9. The predicted octanol–water partition coefficient (Wildman–Crippen LogP) is 2.57. The van der Waals surface area contributed by atoms with Crippen molar-refractivity contribution in [3.8, 4) is 0 Å². The topological polar surface area (TPSA) is 66.1 Å². The molecule has 3 rings (SSSR count). The first-order chi connectivity index (χ1) is 11.5. The Morgan fingerprint density at radius 1 is 1.33 bits per heavy atom. The lowest BCUT2D eigenvalue weighted by atomic mass is 10.00. The maximum absolute atomic E-state index is 12.5. The second-order valence-electron chi connectivity index (χ2n) is 6.25. The highest BCUT2D eigenvalue weighted by molar-refractivity contribution is 7.99. The summed E-state index contributed by atoms with van der Waals surface area (Å²) in [6.07, 6.45) is 0.893. The monoisotopic (exact) mass is 343 g/mol. The van der Waals surface area contributed by atoms with Gasteiger partial charge in [-0.15, -0.1) is 0 Å². The number of fused-ring (bicyclic) bond motifs is 1. The molecule has 2 aromatic rings. The Morgan fingerprint density at radius 3 is 2.83 bits per heavy atom. The van der Waals surface area contributed by atoms with Gasteiger partial charge in [0.2, 0.25) is 5.91 Å². The predicted molar refractivity (Wildman–Crippen MR) is 95.2 cm³/mol. The summed E-state index contributed by atoms with van der Waals surface area (Å²) in [7, 11) is 0. The van der Waals surface area contributed by atoms with Gasteiger partial charge < -0.3 is 9.88 Å².